The van der Waals surface area contributed by atoms with Gasteiger partial charge in [-0.05, 0) is 54.5 Å². The molecule has 7 heteroatoms. The summed E-state index contributed by atoms with van der Waals surface area (Å²) in [6, 6.07) is 7.06. The van der Waals surface area contributed by atoms with E-state index in [1.165, 1.54) is 70.1 Å². The van der Waals surface area contributed by atoms with E-state index in [1.54, 1.807) is 11.4 Å². The molecule has 1 N–H and O–H groups in total. The highest BCUT2D eigenvalue weighted by Crippen LogP contribution is 2.26. The van der Waals surface area contributed by atoms with Crippen molar-refractivity contribution in [1.82, 2.24) is 0 Å². The number of carbonyl (C=O) groups is 1. The van der Waals surface area contributed by atoms with Crippen molar-refractivity contribution in [2.24, 2.45) is 0 Å². The van der Waals surface area contributed by atoms with Gasteiger partial charge in [0.25, 0.3) is 10.0 Å². The fraction of sp³-hybridized carbons (Fsp3) is 0.542. The van der Waals surface area contributed by atoms with Crippen molar-refractivity contribution in [3.63, 3.8) is 0 Å². The number of ether oxygens (including phenoxy) is 1. The molecule has 0 aliphatic heterocycles. The summed E-state index contributed by atoms with van der Waals surface area (Å²) in [5.74, 6) is -0.650. The minimum Gasteiger partial charge on any atom is -0.465 e. The van der Waals surface area contributed by atoms with Gasteiger partial charge in [0.2, 0.25) is 0 Å². The predicted molar refractivity (Wildman–Crippen MR) is 129 cm³/mol. The van der Waals surface area contributed by atoms with Crippen LogP contribution in [0.2, 0.25) is 0 Å². The number of sulfonamides is 1. The lowest BCUT2D eigenvalue weighted by Crippen LogP contribution is -2.16. The number of hydrogen-bond acceptors (Lipinski definition) is 5. The molecular weight excluding hydrogens is 430 g/mol. The Morgan fingerprint density at radius 1 is 1.00 bits per heavy atom. The van der Waals surface area contributed by atoms with Crippen molar-refractivity contribution < 1.29 is 17.9 Å². The van der Waals surface area contributed by atoms with E-state index in [0.29, 0.717) is 5.69 Å². The van der Waals surface area contributed by atoms with E-state index in [0.717, 1.165) is 29.7 Å². The number of aryl methyl sites for hydroxylation is 2. The molecule has 31 heavy (non-hydrogen) atoms. The molecule has 2 rings (SSSR count). The van der Waals surface area contributed by atoms with Crippen molar-refractivity contribution in [3.8, 4) is 0 Å². The van der Waals surface area contributed by atoms with Gasteiger partial charge in [0.15, 0.2) is 0 Å². The Hall–Kier alpha value is -1.86. The lowest BCUT2D eigenvalue weighted by Gasteiger charge is -2.11. The topological polar surface area (TPSA) is 72.5 Å². The van der Waals surface area contributed by atoms with Gasteiger partial charge in [-0.25, -0.2) is 13.2 Å². The van der Waals surface area contributed by atoms with Crippen LogP contribution in [0.3, 0.4) is 0 Å². The quantitative estimate of drug-likeness (QED) is 0.248. The highest BCUT2D eigenvalue weighted by atomic mass is 32.2. The zero-order chi connectivity index (χ0) is 22.7. The van der Waals surface area contributed by atoms with Crippen molar-refractivity contribution in [2.75, 3.05) is 11.8 Å². The van der Waals surface area contributed by atoms with Crippen molar-refractivity contribution in [2.45, 2.75) is 83.0 Å². The van der Waals surface area contributed by atoms with Crippen molar-refractivity contribution in [3.05, 3.63) is 45.6 Å². The molecule has 1 heterocycles. The van der Waals surface area contributed by atoms with Crippen molar-refractivity contribution in [1.29, 1.82) is 0 Å². The molecule has 1 aromatic carbocycles. The van der Waals surface area contributed by atoms with Crippen LogP contribution >= 0.6 is 11.3 Å². The fourth-order valence-corrected chi connectivity index (χ4v) is 6.01. The molecule has 0 aliphatic carbocycles. The van der Waals surface area contributed by atoms with Gasteiger partial charge in [0, 0.05) is 5.69 Å². The fourth-order valence-electron chi connectivity index (χ4n) is 3.63. The van der Waals surface area contributed by atoms with Gasteiger partial charge in [-0.1, -0.05) is 64.4 Å². The third-order valence-corrected chi connectivity index (χ3v) is 7.88. The lowest BCUT2D eigenvalue weighted by atomic mass is 10.0. The summed E-state index contributed by atoms with van der Waals surface area (Å²) in [5, 5.41) is 1.57. The van der Waals surface area contributed by atoms with Crippen LogP contribution in [-0.4, -0.2) is 21.5 Å². The monoisotopic (exact) mass is 465 g/mol. The van der Waals surface area contributed by atoms with Crippen LogP contribution in [-0.2, 0) is 21.2 Å². The number of rotatable bonds is 14. The normalized spacial score (nSPS) is 11.5. The molecule has 172 valence electrons. The maximum atomic E-state index is 12.7. The maximum Gasteiger partial charge on any atom is 0.349 e. The number of unbranched alkanes of at least 4 members (excludes halogenated alkanes) is 8. The maximum absolute atomic E-state index is 12.7. The molecule has 0 radical (unpaired) electrons. The highest BCUT2D eigenvalue weighted by molar-refractivity contribution is 7.93. The van der Waals surface area contributed by atoms with Crippen LogP contribution in [0.1, 0.15) is 85.5 Å². The summed E-state index contributed by atoms with van der Waals surface area (Å²) in [4.78, 5) is 11.8. The van der Waals surface area contributed by atoms with Crippen molar-refractivity contribution >= 4 is 33.0 Å². The first-order valence-corrected chi connectivity index (χ1v) is 13.5. The third-order valence-electron chi connectivity index (χ3n) is 5.43. The molecule has 0 fully saturated rings. The largest absolute Gasteiger partial charge is 0.465 e. The smallest absolute Gasteiger partial charge is 0.349 e. The summed E-state index contributed by atoms with van der Waals surface area (Å²) in [6.45, 7) is 4.25. The van der Waals surface area contributed by atoms with E-state index in [9.17, 15) is 13.2 Å². The van der Waals surface area contributed by atoms with E-state index in [1.807, 2.05) is 19.1 Å². The molecule has 0 aliphatic rings. The van der Waals surface area contributed by atoms with Crippen LogP contribution < -0.4 is 4.72 Å². The Labute approximate surface area is 191 Å². The summed E-state index contributed by atoms with van der Waals surface area (Å²) < 4.78 is 32.7. The van der Waals surface area contributed by atoms with Crippen LogP contribution in [0.4, 0.5) is 5.69 Å². The minimum absolute atomic E-state index is 0.0548. The Balaban J connectivity index is 1.86. The van der Waals surface area contributed by atoms with Crippen LogP contribution in [0.15, 0.2) is 34.5 Å². The predicted octanol–water partition coefficient (Wildman–Crippen LogP) is 6.72. The second-order valence-electron chi connectivity index (χ2n) is 7.93. The number of carbonyl (C=O) groups excluding carboxylic acids is 1. The Morgan fingerprint density at radius 3 is 2.26 bits per heavy atom. The van der Waals surface area contributed by atoms with Crippen LogP contribution in [0.25, 0.3) is 0 Å². The molecular formula is C24H35NO4S2. The summed E-state index contributed by atoms with van der Waals surface area (Å²) >= 11 is 1.05. The molecule has 0 saturated carbocycles. The summed E-state index contributed by atoms with van der Waals surface area (Å²) in [7, 11) is -2.62. The van der Waals surface area contributed by atoms with E-state index in [4.69, 9.17) is 0 Å². The number of thiophene rings is 1. The van der Waals surface area contributed by atoms with Gasteiger partial charge >= 0.3 is 5.97 Å². The van der Waals surface area contributed by atoms with E-state index < -0.39 is 16.0 Å². The minimum atomic E-state index is -3.86. The average molecular weight is 466 g/mol. The second kappa shape index (κ2) is 12.9. The zero-order valence-corrected chi connectivity index (χ0v) is 20.5. The highest BCUT2D eigenvalue weighted by Gasteiger charge is 2.24. The lowest BCUT2D eigenvalue weighted by molar-refractivity contribution is 0.0602. The average Bonchev–Trinajstić information content (AvgIpc) is 3.24. The zero-order valence-electron chi connectivity index (χ0n) is 18.9. The number of esters is 1. The van der Waals surface area contributed by atoms with Gasteiger partial charge in [0.05, 0.1) is 7.11 Å². The van der Waals surface area contributed by atoms with E-state index in [-0.39, 0.29) is 9.77 Å². The molecule has 0 amide bonds. The number of benzene rings is 1. The van der Waals surface area contributed by atoms with Gasteiger partial charge in [0.1, 0.15) is 9.77 Å². The Bertz CT molecular complexity index is 935. The van der Waals surface area contributed by atoms with E-state index >= 15 is 0 Å². The summed E-state index contributed by atoms with van der Waals surface area (Å²) in [5.41, 5.74) is 2.81. The molecule has 2 aromatic rings. The van der Waals surface area contributed by atoms with Gasteiger partial charge in [-0.2, -0.15) is 0 Å². The Kier molecular flexibility index (Phi) is 10.5. The Morgan fingerprint density at radius 2 is 1.65 bits per heavy atom. The van der Waals surface area contributed by atoms with Crippen LogP contribution in [0.5, 0.6) is 0 Å². The first-order chi connectivity index (χ1) is 14.9. The van der Waals surface area contributed by atoms with Gasteiger partial charge < -0.3 is 4.74 Å². The SMILES string of the molecule is CCCCCCCCCCCc1ccc(NS(=O)(=O)c2ccsc2C(=O)OC)cc1C. The molecule has 5 nitrogen and oxygen atoms in total. The third kappa shape index (κ3) is 7.96. The van der Waals surface area contributed by atoms with Gasteiger partial charge in [-0.15, -0.1) is 11.3 Å². The van der Waals surface area contributed by atoms with Crippen LogP contribution in [0, 0.1) is 6.92 Å². The first-order valence-electron chi connectivity index (χ1n) is 11.2. The van der Waals surface area contributed by atoms with Gasteiger partial charge in [-0.3, -0.25) is 4.72 Å². The summed E-state index contributed by atoms with van der Waals surface area (Å²) in [6.07, 6.45) is 12.7. The molecule has 0 spiro atoms. The molecule has 0 saturated heterocycles. The molecule has 0 atom stereocenters. The second-order valence-corrected chi connectivity index (χ2v) is 10.5. The molecule has 0 unspecified atom stereocenters. The number of hydrogen-bond donors (Lipinski definition) is 1. The number of anilines is 1. The standard InChI is InChI=1S/C24H35NO4S2/c1-4-5-6-7-8-9-10-11-12-13-20-14-15-21(18-19(20)2)25-31(27,28)22-16-17-30-23(22)24(26)29-3/h14-18,25H,4-13H2,1-3H3. The number of nitrogens with one attached hydrogen (secondary N) is 1. The molecule has 1 aromatic heterocycles. The molecule has 0 bridgehead atoms. The van der Waals surface area contributed by atoms with E-state index in [2.05, 4.69) is 16.4 Å². The first kappa shape index (κ1) is 25.4. The number of methoxy groups -OCH3 is 1.